The molecule has 1 atom stereocenters. The van der Waals surface area contributed by atoms with E-state index in [2.05, 4.69) is 10.4 Å². The molecule has 4 aromatic rings. The lowest BCUT2D eigenvalue weighted by molar-refractivity contribution is 0.102. The quantitative estimate of drug-likeness (QED) is 0.529. The molecule has 1 amide bonds. The zero-order valence-corrected chi connectivity index (χ0v) is 15.9. The molecule has 1 aliphatic rings. The first-order chi connectivity index (χ1) is 14.1. The van der Waals surface area contributed by atoms with Gasteiger partial charge in [0, 0.05) is 21.7 Å². The summed E-state index contributed by atoms with van der Waals surface area (Å²) in [6.45, 7) is 0. The van der Waals surface area contributed by atoms with E-state index < -0.39 is 22.3 Å². The topological polar surface area (TPSA) is 94.2 Å². The van der Waals surface area contributed by atoms with Crippen LogP contribution in [0.1, 0.15) is 21.6 Å². The number of hydrogen-bond donors (Lipinski definition) is 1. The number of anilines is 1. The Labute approximate surface area is 167 Å². The monoisotopic (exact) mass is 405 g/mol. The molecule has 1 aliphatic heterocycles. The normalized spacial score (nSPS) is 15.4. The fraction of sp³-hybridized carbons (Fsp3) is 0.0952. The Morgan fingerprint density at radius 3 is 2.66 bits per heavy atom. The van der Waals surface area contributed by atoms with Gasteiger partial charge in [0.25, 0.3) is 5.91 Å². The van der Waals surface area contributed by atoms with Gasteiger partial charge >= 0.3 is 5.63 Å². The molecule has 2 aromatic carbocycles. The Morgan fingerprint density at radius 2 is 1.83 bits per heavy atom. The summed E-state index contributed by atoms with van der Waals surface area (Å²) in [4.78, 5) is 25.3. The maximum Gasteiger partial charge on any atom is 0.349 e. The van der Waals surface area contributed by atoms with Gasteiger partial charge in [0.15, 0.2) is 0 Å². The Hall–Kier alpha value is -3.52. The summed E-state index contributed by atoms with van der Waals surface area (Å²) in [7, 11) is -1.05. The third-order valence-electron chi connectivity index (χ3n) is 4.79. The van der Waals surface area contributed by atoms with Crippen molar-refractivity contribution in [1.29, 1.82) is 0 Å². The smallest absolute Gasteiger partial charge is 0.349 e. The van der Waals surface area contributed by atoms with Gasteiger partial charge in [-0.1, -0.05) is 36.4 Å². The molecule has 7 nitrogen and oxygen atoms in total. The number of hydrogen-bond acceptors (Lipinski definition) is 5. The van der Waals surface area contributed by atoms with Crippen molar-refractivity contribution < 1.29 is 13.4 Å². The van der Waals surface area contributed by atoms with E-state index >= 15 is 0 Å². The molecule has 144 valence electrons. The van der Waals surface area contributed by atoms with Gasteiger partial charge < -0.3 is 9.73 Å². The van der Waals surface area contributed by atoms with Crippen LogP contribution in [0.25, 0.3) is 16.7 Å². The molecule has 0 radical (unpaired) electrons. The Balaban J connectivity index is 1.59. The maximum absolute atomic E-state index is 13.0. The summed E-state index contributed by atoms with van der Waals surface area (Å²) in [5.41, 5.74) is 1.77. The molecule has 3 heterocycles. The largest absolute Gasteiger partial charge is 0.422 e. The molecule has 0 fully saturated rings. The summed E-state index contributed by atoms with van der Waals surface area (Å²) in [5, 5.41) is 7.99. The van der Waals surface area contributed by atoms with E-state index in [0.29, 0.717) is 34.0 Å². The predicted octanol–water partition coefficient (Wildman–Crippen LogP) is 2.99. The van der Waals surface area contributed by atoms with E-state index in [1.54, 1.807) is 28.9 Å². The molecule has 2 aromatic heterocycles. The van der Waals surface area contributed by atoms with Gasteiger partial charge in [-0.2, -0.15) is 5.10 Å². The highest BCUT2D eigenvalue weighted by atomic mass is 32.2. The van der Waals surface area contributed by atoms with Crippen LogP contribution in [-0.2, 0) is 22.3 Å². The van der Waals surface area contributed by atoms with Crippen molar-refractivity contribution in [3.05, 3.63) is 87.9 Å². The van der Waals surface area contributed by atoms with Gasteiger partial charge in [-0.05, 0) is 24.3 Å². The van der Waals surface area contributed by atoms with E-state index in [9.17, 15) is 13.8 Å². The number of aromatic nitrogens is 2. The number of carbonyl (C=O) groups is 1. The van der Waals surface area contributed by atoms with Crippen LogP contribution in [0, 0.1) is 0 Å². The van der Waals surface area contributed by atoms with Crippen molar-refractivity contribution in [3.63, 3.8) is 0 Å². The number of nitrogens with zero attached hydrogens (tertiary/aromatic N) is 2. The molecule has 0 bridgehead atoms. The predicted molar refractivity (Wildman–Crippen MR) is 110 cm³/mol. The molecule has 29 heavy (non-hydrogen) atoms. The highest BCUT2D eigenvalue weighted by Gasteiger charge is 2.29. The van der Waals surface area contributed by atoms with Crippen molar-refractivity contribution >= 4 is 33.5 Å². The van der Waals surface area contributed by atoms with Gasteiger partial charge in [0.1, 0.15) is 17.0 Å². The summed E-state index contributed by atoms with van der Waals surface area (Å²) < 4.78 is 18.9. The zero-order chi connectivity index (χ0) is 20.0. The van der Waals surface area contributed by atoms with Crippen LogP contribution in [0.4, 0.5) is 5.82 Å². The molecule has 8 heteroatoms. The third-order valence-corrected chi connectivity index (χ3v) is 5.99. The molecular weight excluding hydrogens is 390 g/mol. The number of fused-ring (bicyclic) bond motifs is 2. The fourth-order valence-electron chi connectivity index (χ4n) is 3.41. The second kappa shape index (κ2) is 6.82. The molecular formula is C21H15N3O4S. The van der Waals surface area contributed by atoms with E-state index in [1.165, 1.54) is 6.07 Å². The number of amides is 1. The average Bonchev–Trinajstić information content (AvgIpc) is 3.25. The highest BCUT2D eigenvalue weighted by molar-refractivity contribution is 7.83. The Kier molecular flexibility index (Phi) is 4.13. The SMILES string of the molecule is O=C(Nc1c2c(nn1-c1ccccc1)CS(=O)C2)c1cc2ccccc2oc1=O. The number of para-hydroxylation sites is 2. The van der Waals surface area contributed by atoms with Gasteiger partial charge in [-0.3, -0.25) is 9.00 Å². The summed E-state index contributed by atoms with van der Waals surface area (Å²) >= 11 is 0. The van der Waals surface area contributed by atoms with E-state index in [0.717, 1.165) is 11.3 Å². The number of rotatable bonds is 3. The average molecular weight is 405 g/mol. The minimum atomic E-state index is -1.05. The molecule has 1 unspecified atom stereocenters. The van der Waals surface area contributed by atoms with Gasteiger partial charge in [-0.15, -0.1) is 0 Å². The van der Waals surface area contributed by atoms with Crippen molar-refractivity contribution in [1.82, 2.24) is 9.78 Å². The minimum absolute atomic E-state index is 0.0996. The van der Waals surface area contributed by atoms with Crippen LogP contribution in [0.2, 0.25) is 0 Å². The van der Waals surface area contributed by atoms with Crippen molar-refractivity contribution in [2.75, 3.05) is 5.32 Å². The first kappa shape index (κ1) is 17.6. The lowest BCUT2D eigenvalue weighted by atomic mass is 10.1. The molecule has 1 N–H and O–H groups in total. The van der Waals surface area contributed by atoms with Gasteiger partial charge in [0.2, 0.25) is 0 Å². The molecule has 0 saturated heterocycles. The second-order valence-electron chi connectivity index (χ2n) is 6.69. The number of nitrogens with one attached hydrogen (secondary N) is 1. The molecule has 0 aliphatic carbocycles. The van der Waals surface area contributed by atoms with Gasteiger partial charge in [0.05, 0.1) is 22.9 Å². The second-order valence-corrected chi connectivity index (χ2v) is 8.15. The molecule has 0 spiro atoms. The maximum atomic E-state index is 13.0. The first-order valence-electron chi connectivity index (χ1n) is 8.95. The summed E-state index contributed by atoms with van der Waals surface area (Å²) in [6.07, 6.45) is 0. The number of carbonyl (C=O) groups excluding carboxylic acids is 1. The van der Waals surface area contributed by atoms with Crippen LogP contribution >= 0.6 is 0 Å². The lowest BCUT2D eigenvalue weighted by Crippen LogP contribution is -2.22. The highest BCUT2D eigenvalue weighted by Crippen LogP contribution is 2.31. The van der Waals surface area contributed by atoms with Crippen LogP contribution in [-0.4, -0.2) is 19.9 Å². The van der Waals surface area contributed by atoms with Crippen molar-refractivity contribution in [3.8, 4) is 5.69 Å². The Bertz CT molecular complexity index is 1340. The Morgan fingerprint density at radius 1 is 1.07 bits per heavy atom. The number of benzene rings is 2. The lowest BCUT2D eigenvalue weighted by Gasteiger charge is -2.11. The third kappa shape index (κ3) is 3.07. The fourth-order valence-corrected chi connectivity index (χ4v) is 4.67. The first-order valence-corrected chi connectivity index (χ1v) is 10.4. The van der Waals surface area contributed by atoms with Crippen molar-refractivity contribution in [2.24, 2.45) is 0 Å². The standard InChI is InChI=1S/C21H15N3O4S/c25-20(15-10-13-6-4-5-9-18(13)28-21(15)26)22-19-16-11-29(27)12-17(16)23-24(19)14-7-2-1-3-8-14/h1-10H,11-12H2,(H,22,25). The van der Waals surface area contributed by atoms with E-state index in [1.807, 2.05) is 30.3 Å². The van der Waals surface area contributed by atoms with Crippen LogP contribution in [0.3, 0.4) is 0 Å². The van der Waals surface area contributed by atoms with E-state index in [4.69, 9.17) is 4.42 Å². The van der Waals surface area contributed by atoms with Gasteiger partial charge in [-0.25, -0.2) is 9.48 Å². The van der Waals surface area contributed by atoms with Crippen LogP contribution in [0.15, 0.2) is 69.9 Å². The van der Waals surface area contributed by atoms with Crippen LogP contribution in [0.5, 0.6) is 0 Å². The zero-order valence-electron chi connectivity index (χ0n) is 15.1. The van der Waals surface area contributed by atoms with Crippen LogP contribution < -0.4 is 10.9 Å². The van der Waals surface area contributed by atoms with Crippen molar-refractivity contribution in [2.45, 2.75) is 11.5 Å². The minimum Gasteiger partial charge on any atom is -0.422 e. The summed E-state index contributed by atoms with van der Waals surface area (Å²) in [6, 6.07) is 17.8. The van der Waals surface area contributed by atoms with E-state index in [-0.39, 0.29) is 5.56 Å². The summed E-state index contributed by atoms with van der Waals surface area (Å²) in [5.74, 6) is 0.483. The molecule has 0 saturated carbocycles. The molecule has 5 rings (SSSR count).